The number of carbonyl (C=O) groups excluding carboxylic acids is 1. The van der Waals surface area contributed by atoms with E-state index in [1.165, 1.54) is 43.8 Å². The van der Waals surface area contributed by atoms with Crippen LogP contribution in [0.25, 0.3) is 0 Å². The smallest absolute Gasteiger partial charge is 0.309 e. The first-order valence-electron chi connectivity index (χ1n) is 9.30. The van der Waals surface area contributed by atoms with Gasteiger partial charge in [-0.25, -0.2) is 0 Å². The van der Waals surface area contributed by atoms with Crippen LogP contribution in [0.5, 0.6) is 17.2 Å². The molecule has 0 saturated heterocycles. The highest BCUT2D eigenvalue weighted by Gasteiger charge is 2.24. The number of nitro groups is 2. The molecule has 1 aromatic heterocycles. The monoisotopic (exact) mass is 441 g/mol. The molecule has 0 spiro atoms. The van der Waals surface area contributed by atoms with Gasteiger partial charge in [0.1, 0.15) is 35.2 Å². The van der Waals surface area contributed by atoms with Gasteiger partial charge in [0.05, 0.1) is 28.7 Å². The lowest BCUT2D eigenvalue weighted by Crippen LogP contribution is -2.25. The van der Waals surface area contributed by atoms with Gasteiger partial charge in [0.2, 0.25) is 5.91 Å². The van der Waals surface area contributed by atoms with E-state index in [0.29, 0.717) is 11.5 Å². The molecular weight excluding hydrogens is 422 g/mol. The van der Waals surface area contributed by atoms with Crippen LogP contribution in [-0.4, -0.2) is 32.6 Å². The Morgan fingerprint density at radius 2 is 1.72 bits per heavy atom. The Bertz CT molecular complexity index is 1170. The van der Waals surface area contributed by atoms with Crippen molar-refractivity contribution in [3.63, 3.8) is 0 Å². The predicted molar refractivity (Wildman–Crippen MR) is 113 cm³/mol. The Balaban J connectivity index is 1.84. The number of nitro benzene ring substituents is 1. The second-order valence-electron chi connectivity index (χ2n) is 6.73. The molecule has 1 unspecified atom stereocenters. The summed E-state index contributed by atoms with van der Waals surface area (Å²) < 4.78 is 12.0. The Morgan fingerprint density at radius 3 is 2.28 bits per heavy atom. The maximum Gasteiger partial charge on any atom is 0.309 e. The molecule has 12 heteroatoms. The van der Waals surface area contributed by atoms with Crippen molar-refractivity contribution in [3.8, 4) is 17.2 Å². The second kappa shape index (κ2) is 9.12. The summed E-state index contributed by atoms with van der Waals surface area (Å²) in [5.41, 5.74) is -0.167. The first-order valence-corrected chi connectivity index (χ1v) is 9.30. The third kappa shape index (κ3) is 4.80. The number of anilines is 1. The fourth-order valence-corrected chi connectivity index (χ4v) is 2.94. The largest absolute Gasteiger partial charge is 0.497 e. The molecule has 1 N–H and O–H groups in total. The third-order valence-corrected chi connectivity index (χ3v) is 4.63. The highest BCUT2D eigenvalue weighted by atomic mass is 16.6. The van der Waals surface area contributed by atoms with Crippen molar-refractivity contribution in [3.05, 3.63) is 74.6 Å². The van der Waals surface area contributed by atoms with Gasteiger partial charge in [-0.05, 0) is 38.1 Å². The van der Waals surface area contributed by atoms with Crippen LogP contribution >= 0.6 is 0 Å². The number of non-ortho nitro benzene ring substituents is 1. The van der Waals surface area contributed by atoms with Crippen LogP contribution in [0.1, 0.15) is 18.7 Å². The lowest BCUT2D eigenvalue weighted by molar-refractivity contribution is -0.385. The summed E-state index contributed by atoms with van der Waals surface area (Å²) in [6.45, 7) is 2.98. The fourth-order valence-electron chi connectivity index (χ4n) is 2.94. The van der Waals surface area contributed by atoms with Gasteiger partial charge < -0.3 is 14.8 Å². The summed E-state index contributed by atoms with van der Waals surface area (Å²) in [5, 5.41) is 28.8. The van der Waals surface area contributed by atoms with E-state index in [0.717, 1.165) is 6.20 Å². The highest BCUT2D eigenvalue weighted by molar-refractivity contribution is 5.94. The number of aromatic nitrogens is 2. The van der Waals surface area contributed by atoms with Gasteiger partial charge >= 0.3 is 5.69 Å². The molecular formula is C20H19N5O7. The topological polar surface area (TPSA) is 152 Å². The van der Waals surface area contributed by atoms with Crippen molar-refractivity contribution in [2.24, 2.45) is 0 Å². The van der Waals surface area contributed by atoms with E-state index in [4.69, 9.17) is 9.47 Å². The summed E-state index contributed by atoms with van der Waals surface area (Å²) >= 11 is 0. The number of ether oxygens (including phenoxy) is 2. The molecule has 0 bridgehead atoms. The van der Waals surface area contributed by atoms with E-state index in [2.05, 4.69) is 10.4 Å². The van der Waals surface area contributed by atoms with Gasteiger partial charge in [0.25, 0.3) is 5.69 Å². The molecule has 2 aromatic carbocycles. The zero-order chi connectivity index (χ0) is 23.4. The molecule has 3 aromatic rings. The maximum atomic E-state index is 12.7. The van der Waals surface area contributed by atoms with Gasteiger partial charge in [-0.1, -0.05) is 0 Å². The van der Waals surface area contributed by atoms with Crippen LogP contribution in [0.2, 0.25) is 0 Å². The molecule has 0 radical (unpaired) electrons. The molecule has 0 fully saturated rings. The number of hydrogen-bond acceptors (Lipinski definition) is 8. The summed E-state index contributed by atoms with van der Waals surface area (Å²) in [6.07, 6.45) is 1.06. The van der Waals surface area contributed by atoms with E-state index in [-0.39, 0.29) is 28.5 Å². The van der Waals surface area contributed by atoms with Gasteiger partial charge in [0, 0.05) is 12.1 Å². The van der Waals surface area contributed by atoms with E-state index in [1.807, 2.05) is 0 Å². The first-order chi connectivity index (χ1) is 15.2. The minimum absolute atomic E-state index is 0.124. The predicted octanol–water partition coefficient (Wildman–Crippen LogP) is 4.01. The second-order valence-corrected chi connectivity index (χ2v) is 6.73. The van der Waals surface area contributed by atoms with Crippen molar-refractivity contribution in [2.75, 3.05) is 12.4 Å². The lowest BCUT2D eigenvalue weighted by Gasteiger charge is -2.15. The zero-order valence-corrected chi connectivity index (χ0v) is 17.3. The quantitative estimate of drug-likeness (QED) is 0.406. The van der Waals surface area contributed by atoms with Gasteiger partial charge in [-0.15, -0.1) is 0 Å². The highest BCUT2D eigenvalue weighted by Crippen LogP contribution is 2.31. The summed E-state index contributed by atoms with van der Waals surface area (Å²) in [5.74, 6) is 0.601. The van der Waals surface area contributed by atoms with Crippen LogP contribution in [0.4, 0.5) is 17.1 Å². The van der Waals surface area contributed by atoms with Crippen molar-refractivity contribution < 1.29 is 24.1 Å². The number of benzene rings is 2. The minimum atomic E-state index is -0.908. The van der Waals surface area contributed by atoms with Crippen LogP contribution in [-0.2, 0) is 4.79 Å². The molecule has 1 atom stereocenters. The van der Waals surface area contributed by atoms with Gasteiger partial charge in [0.15, 0.2) is 0 Å². The van der Waals surface area contributed by atoms with Crippen LogP contribution < -0.4 is 14.8 Å². The molecule has 166 valence electrons. The van der Waals surface area contributed by atoms with Crippen LogP contribution in [0.15, 0.2) is 48.7 Å². The summed E-state index contributed by atoms with van der Waals surface area (Å²) in [6, 6.07) is 9.53. The van der Waals surface area contributed by atoms with Crippen molar-refractivity contribution >= 4 is 23.0 Å². The normalized spacial score (nSPS) is 11.5. The zero-order valence-electron chi connectivity index (χ0n) is 17.3. The number of carbonyl (C=O) groups is 1. The van der Waals surface area contributed by atoms with Crippen molar-refractivity contribution in [2.45, 2.75) is 19.9 Å². The molecule has 12 nitrogen and oxygen atoms in total. The molecule has 3 rings (SSSR count). The number of rotatable bonds is 8. The SMILES string of the molecule is COc1ccc(Oc2cc(NC(=O)C(C)n3ncc([N+](=O)[O-])c3C)cc([N+](=O)[O-])c2)cc1. The fraction of sp³-hybridized carbons (Fsp3) is 0.200. The van der Waals surface area contributed by atoms with Crippen LogP contribution in [0, 0.1) is 27.2 Å². The van der Waals surface area contributed by atoms with E-state index >= 15 is 0 Å². The summed E-state index contributed by atoms with van der Waals surface area (Å²) in [7, 11) is 1.52. The molecule has 32 heavy (non-hydrogen) atoms. The molecule has 0 aliphatic heterocycles. The standard InChI is InChI=1S/C20H19N5O7/c1-12-19(25(29)30)11-21-23(12)13(2)20(26)22-14-8-15(24(27)28)10-18(9-14)32-17-6-4-16(31-3)5-7-17/h4-11,13H,1-3H3,(H,22,26). The number of nitrogens with zero attached hydrogens (tertiary/aromatic N) is 4. The van der Waals surface area contributed by atoms with E-state index in [1.54, 1.807) is 24.3 Å². The summed E-state index contributed by atoms with van der Waals surface area (Å²) in [4.78, 5) is 33.8. The van der Waals surface area contributed by atoms with E-state index < -0.39 is 21.8 Å². The first kappa shape index (κ1) is 22.2. The van der Waals surface area contributed by atoms with Gasteiger partial charge in [-0.2, -0.15) is 5.10 Å². The number of methoxy groups -OCH3 is 1. The average Bonchev–Trinajstić information content (AvgIpc) is 3.15. The molecule has 1 amide bonds. The Morgan fingerprint density at radius 1 is 1.06 bits per heavy atom. The lowest BCUT2D eigenvalue weighted by atomic mass is 10.2. The van der Waals surface area contributed by atoms with Crippen molar-refractivity contribution in [1.82, 2.24) is 9.78 Å². The van der Waals surface area contributed by atoms with E-state index in [9.17, 15) is 25.0 Å². The third-order valence-electron chi connectivity index (χ3n) is 4.63. The number of nitrogens with one attached hydrogen (secondary N) is 1. The van der Waals surface area contributed by atoms with Crippen LogP contribution in [0.3, 0.4) is 0 Å². The molecule has 0 aliphatic rings. The Hall–Kier alpha value is -4.48. The minimum Gasteiger partial charge on any atom is -0.497 e. The Labute approximate surface area is 181 Å². The maximum absolute atomic E-state index is 12.7. The molecule has 0 saturated carbocycles. The number of hydrogen-bond donors (Lipinski definition) is 1. The molecule has 1 heterocycles. The van der Waals surface area contributed by atoms with Gasteiger partial charge in [-0.3, -0.25) is 29.7 Å². The number of amides is 1. The average molecular weight is 441 g/mol. The molecule has 0 aliphatic carbocycles. The van der Waals surface area contributed by atoms with Crippen molar-refractivity contribution in [1.29, 1.82) is 0 Å². The Kier molecular flexibility index (Phi) is 6.33.